The fourth-order valence-electron chi connectivity index (χ4n) is 5.75. The van der Waals surface area contributed by atoms with Gasteiger partial charge in [-0.15, -0.1) is 0 Å². The molecule has 4 aromatic carbocycles. The lowest BCUT2D eigenvalue weighted by molar-refractivity contribution is -0.127. The number of azide groups is 1. The van der Waals surface area contributed by atoms with E-state index >= 15 is 0 Å². The number of aromatic nitrogens is 1. The highest BCUT2D eigenvalue weighted by atomic mass is 16.5. The van der Waals surface area contributed by atoms with Gasteiger partial charge >= 0.3 is 0 Å². The summed E-state index contributed by atoms with van der Waals surface area (Å²) in [6, 6.07) is 27.3. The number of carbonyl (C=O) groups excluding carboxylic acids is 4. The van der Waals surface area contributed by atoms with E-state index < -0.39 is 47.8 Å². The van der Waals surface area contributed by atoms with Crippen molar-refractivity contribution in [2.75, 3.05) is 6.61 Å². The van der Waals surface area contributed by atoms with E-state index in [4.69, 9.17) is 10.5 Å². The molecule has 3 atom stereocenters. The van der Waals surface area contributed by atoms with Crippen LogP contribution in [0.25, 0.3) is 32.1 Å². The summed E-state index contributed by atoms with van der Waals surface area (Å²) in [4.78, 5) is 60.3. The number of amides is 4. The first-order chi connectivity index (χ1) is 24.9. The Morgan fingerprint density at radius 3 is 2.23 bits per heavy atom. The van der Waals surface area contributed by atoms with E-state index in [1.54, 1.807) is 24.3 Å². The van der Waals surface area contributed by atoms with Crippen LogP contribution in [0.5, 0.6) is 5.75 Å². The van der Waals surface area contributed by atoms with Crippen LogP contribution in [0.4, 0.5) is 0 Å². The Morgan fingerprint density at radius 1 is 0.846 bits per heavy atom. The zero-order valence-corrected chi connectivity index (χ0v) is 29.1. The van der Waals surface area contributed by atoms with Gasteiger partial charge in [0.1, 0.15) is 17.5 Å². The van der Waals surface area contributed by atoms with Crippen LogP contribution in [0.15, 0.2) is 108 Å². The van der Waals surface area contributed by atoms with Crippen LogP contribution in [0, 0.1) is 0 Å². The number of fused-ring (bicyclic) bond motifs is 2. The topological polar surface area (TPSA) is 201 Å². The molecule has 1 heterocycles. The molecule has 4 amide bonds. The van der Waals surface area contributed by atoms with Crippen molar-refractivity contribution < 1.29 is 23.9 Å². The maximum Gasteiger partial charge on any atom is 0.270 e. The van der Waals surface area contributed by atoms with Gasteiger partial charge in [0.05, 0.1) is 30.1 Å². The monoisotopic (exact) mass is 700 g/mol. The smallest absolute Gasteiger partial charge is 0.270 e. The van der Waals surface area contributed by atoms with E-state index in [2.05, 4.69) is 31.0 Å². The summed E-state index contributed by atoms with van der Waals surface area (Å²) in [5.41, 5.74) is 16.3. The third-order valence-electron chi connectivity index (χ3n) is 8.16. The number of para-hydroxylation sites is 1. The third kappa shape index (κ3) is 9.61. The van der Waals surface area contributed by atoms with Crippen LogP contribution < -0.4 is 26.4 Å². The first kappa shape index (κ1) is 36.8. The van der Waals surface area contributed by atoms with Crippen molar-refractivity contribution in [3.8, 4) is 5.75 Å². The van der Waals surface area contributed by atoms with Gasteiger partial charge in [0.2, 0.25) is 11.8 Å². The van der Waals surface area contributed by atoms with Gasteiger partial charge in [0.25, 0.3) is 11.8 Å². The molecule has 0 aliphatic heterocycles. The molecule has 5 rings (SSSR count). The number of hydrogen-bond donors (Lipinski definition) is 4. The number of carbonyl (C=O) groups is 4. The highest BCUT2D eigenvalue weighted by Crippen LogP contribution is 2.29. The van der Waals surface area contributed by atoms with Crippen LogP contribution in [-0.2, 0) is 16.0 Å². The average molecular weight is 701 g/mol. The summed E-state index contributed by atoms with van der Waals surface area (Å²) >= 11 is 0. The molecule has 13 heteroatoms. The second-order valence-electron chi connectivity index (χ2n) is 13.3. The normalized spacial score (nSPS) is 12.9. The van der Waals surface area contributed by atoms with Crippen molar-refractivity contribution in [3.63, 3.8) is 0 Å². The molecule has 0 aliphatic rings. The molecule has 0 fully saturated rings. The molecule has 5 aromatic rings. The molecule has 266 valence electrons. The summed E-state index contributed by atoms with van der Waals surface area (Å²) in [6.07, 6.45) is -0.312. The minimum Gasteiger partial charge on any atom is -0.492 e. The first-order valence-electron chi connectivity index (χ1n) is 16.7. The van der Waals surface area contributed by atoms with Crippen molar-refractivity contribution in [2.45, 2.75) is 57.3 Å². The average Bonchev–Trinajstić information content (AvgIpc) is 3.11. The zero-order chi connectivity index (χ0) is 37.3. The van der Waals surface area contributed by atoms with Crippen molar-refractivity contribution in [3.05, 3.63) is 130 Å². The summed E-state index contributed by atoms with van der Waals surface area (Å²) in [5, 5.41) is 14.8. The van der Waals surface area contributed by atoms with Crippen LogP contribution in [0.3, 0.4) is 0 Å². The van der Waals surface area contributed by atoms with Gasteiger partial charge in [0.15, 0.2) is 0 Å². The molecule has 0 saturated carbocycles. The van der Waals surface area contributed by atoms with E-state index in [9.17, 15) is 24.7 Å². The quantitative estimate of drug-likeness (QED) is 0.0681. The molecule has 13 nitrogen and oxygen atoms in total. The SMILES string of the molecule is CC(C)(C)NC(=O)c1c(OC[C@H](N=[N+]=[N-])[C@H](Cc2ccccc2)NC(=O)[C@H](CC(N)=O)NC(=O)c2ccc3ccccc3n2)ccc2ccccc12. The second-order valence-corrected chi connectivity index (χ2v) is 13.3. The van der Waals surface area contributed by atoms with Gasteiger partial charge in [-0.25, -0.2) is 4.98 Å². The largest absolute Gasteiger partial charge is 0.492 e. The Balaban J connectivity index is 1.43. The number of rotatable bonds is 14. The molecule has 52 heavy (non-hydrogen) atoms. The summed E-state index contributed by atoms with van der Waals surface area (Å²) in [7, 11) is 0. The number of nitrogens with two attached hydrogens (primary N) is 1. The molecular weight excluding hydrogens is 660 g/mol. The summed E-state index contributed by atoms with van der Waals surface area (Å²) < 4.78 is 6.25. The maximum atomic E-state index is 13.9. The van der Waals surface area contributed by atoms with E-state index in [0.29, 0.717) is 16.5 Å². The highest BCUT2D eigenvalue weighted by molar-refractivity contribution is 6.09. The molecule has 0 bridgehead atoms. The minimum atomic E-state index is -1.38. The van der Waals surface area contributed by atoms with Gasteiger partial charge in [-0.1, -0.05) is 90.0 Å². The Labute approximate surface area is 300 Å². The van der Waals surface area contributed by atoms with E-state index in [1.165, 1.54) is 6.07 Å². The van der Waals surface area contributed by atoms with Crippen molar-refractivity contribution in [1.29, 1.82) is 0 Å². The Hall–Kier alpha value is -6.46. The fraction of sp³-hybridized carbons (Fsp3) is 0.256. The predicted molar refractivity (Wildman–Crippen MR) is 198 cm³/mol. The van der Waals surface area contributed by atoms with Gasteiger partial charge in [-0.3, -0.25) is 19.2 Å². The van der Waals surface area contributed by atoms with Crippen LogP contribution in [0.2, 0.25) is 0 Å². The summed E-state index contributed by atoms with van der Waals surface area (Å²) in [6.45, 7) is 5.38. The Bertz CT molecular complexity index is 2140. The van der Waals surface area contributed by atoms with Gasteiger partial charge in [-0.2, -0.15) is 0 Å². The summed E-state index contributed by atoms with van der Waals surface area (Å²) in [5.74, 6) is -2.33. The third-order valence-corrected chi connectivity index (χ3v) is 8.16. The molecule has 0 saturated heterocycles. The second kappa shape index (κ2) is 16.5. The number of primary amides is 1. The molecule has 1 aromatic heterocycles. The lowest BCUT2D eigenvalue weighted by Gasteiger charge is -2.28. The maximum absolute atomic E-state index is 13.9. The van der Waals surface area contributed by atoms with E-state index in [-0.39, 0.29) is 30.4 Å². The van der Waals surface area contributed by atoms with E-state index in [0.717, 1.165) is 16.3 Å². The molecule has 0 spiro atoms. The number of ether oxygens (including phenoxy) is 1. The Kier molecular flexibility index (Phi) is 11.7. The standard InChI is InChI=1S/C39H40N8O5/c1-39(2,3)45-38(51)35-27-15-9-7-13-25(27)18-20-33(35)52-23-32(46-47-41)30(21-24-11-5-4-6-12-24)43-37(50)31(22-34(40)48)44-36(49)29-19-17-26-14-8-10-16-28(26)42-29/h4-20,30-32H,21-23H2,1-3H3,(H2,40,48)(H,43,50)(H,44,49)(H,45,51)/t30-,31-,32-/m0/s1. The van der Waals surface area contributed by atoms with E-state index in [1.807, 2.05) is 93.6 Å². The number of nitrogens with zero attached hydrogens (tertiary/aromatic N) is 4. The fourth-order valence-corrected chi connectivity index (χ4v) is 5.75. The zero-order valence-electron chi connectivity index (χ0n) is 29.1. The van der Waals surface area contributed by atoms with Gasteiger partial charge in [0, 0.05) is 21.9 Å². The minimum absolute atomic E-state index is 0.0452. The van der Waals surface area contributed by atoms with Crippen molar-refractivity contribution >= 4 is 45.3 Å². The highest BCUT2D eigenvalue weighted by Gasteiger charge is 2.31. The molecule has 0 aliphatic carbocycles. The lowest BCUT2D eigenvalue weighted by atomic mass is 9.99. The van der Waals surface area contributed by atoms with Gasteiger partial charge < -0.3 is 26.4 Å². The predicted octanol–water partition coefficient (Wildman–Crippen LogP) is 5.38. The lowest BCUT2D eigenvalue weighted by Crippen LogP contribution is -2.54. The Morgan fingerprint density at radius 2 is 1.52 bits per heavy atom. The van der Waals surface area contributed by atoms with Gasteiger partial charge in [-0.05, 0) is 67.3 Å². The van der Waals surface area contributed by atoms with Crippen LogP contribution in [0.1, 0.15) is 53.6 Å². The molecule has 0 radical (unpaired) electrons. The van der Waals surface area contributed by atoms with Crippen LogP contribution >= 0.6 is 0 Å². The molecule has 5 N–H and O–H groups in total. The number of hydrogen-bond acceptors (Lipinski definition) is 7. The first-order valence-corrected chi connectivity index (χ1v) is 16.7. The van der Waals surface area contributed by atoms with Crippen LogP contribution in [-0.4, -0.2) is 58.9 Å². The molecule has 0 unspecified atom stereocenters. The number of pyridine rings is 1. The molecular formula is C39H40N8O5. The number of benzene rings is 4. The van der Waals surface area contributed by atoms with Crippen molar-refractivity contribution in [1.82, 2.24) is 20.9 Å². The number of nitrogens with one attached hydrogen (secondary N) is 3. The van der Waals surface area contributed by atoms with Crippen molar-refractivity contribution in [2.24, 2.45) is 10.8 Å².